The highest BCUT2D eigenvalue weighted by atomic mass is 14.9. The molecule has 1 N–H and O–H groups in total. The lowest BCUT2D eigenvalue weighted by Crippen LogP contribution is -2.38. The van der Waals surface area contributed by atoms with Crippen molar-refractivity contribution in [3.63, 3.8) is 0 Å². The van der Waals surface area contributed by atoms with E-state index in [1.54, 1.807) is 0 Å². The van der Waals surface area contributed by atoms with E-state index in [0.29, 0.717) is 17.5 Å². The Hall–Kier alpha value is -0.820. The number of benzene rings is 1. The highest BCUT2D eigenvalue weighted by molar-refractivity contribution is 5.28. The molecule has 0 aliphatic heterocycles. The molecule has 0 spiro atoms. The summed E-state index contributed by atoms with van der Waals surface area (Å²) in [4.78, 5) is 0. The smallest absolute Gasteiger partial charge is 0.0296 e. The normalized spacial score (nSPS) is 24.8. The van der Waals surface area contributed by atoms with E-state index >= 15 is 0 Å². The molecular formula is C17H27N. The van der Waals surface area contributed by atoms with Crippen molar-refractivity contribution in [2.75, 3.05) is 0 Å². The van der Waals surface area contributed by atoms with E-state index in [9.17, 15) is 0 Å². The van der Waals surface area contributed by atoms with Gasteiger partial charge in [0.05, 0.1) is 0 Å². The van der Waals surface area contributed by atoms with Crippen LogP contribution in [0.15, 0.2) is 24.3 Å². The van der Waals surface area contributed by atoms with Gasteiger partial charge in [-0.05, 0) is 49.7 Å². The zero-order valence-corrected chi connectivity index (χ0v) is 12.3. The van der Waals surface area contributed by atoms with Crippen molar-refractivity contribution in [1.29, 1.82) is 0 Å². The second kappa shape index (κ2) is 5.44. The average molecular weight is 245 g/mol. The zero-order chi connectivity index (χ0) is 13.2. The first-order valence-corrected chi connectivity index (χ1v) is 7.29. The van der Waals surface area contributed by atoms with Gasteiger partial charge in [0.2, 0.25) is 0 Å². The lowest BCUT2D eigenvalue weighted by Gasteiger charge is -2.37. The molecule has 0 saturated heterocycles. The first-order valence-electron chi connectivity index (χ1n) is 7.29. The van der Waals surface area contributed by atoms with Crippen molar-refractivity contribution in [2.45, 2.75) is 65.5 Å². The largest absolute Gasteiger partial charge is 0.307 e. The van der Waals surface area contributed by atoms with E-state index in [-0.39, 0.29) is 0 Å². The van der Waals surface area contributed by atoms with E-state index in [0.717, 1.165) is 0 Å². The third-order valence-corrected chi connectivity index (χ3v) is 4.35. The van der Waals surface area contributed by atoms with Crippen molar-refractivity contribution >= 4 is 0 Å². The molecule has 1 nitrogen and oxygen atoms in total. The van der Waals surface area contributed by atoms with Gasteiger partial charge < -0.3 is 5.32 Å². The van der Waals surface area contributed by atoms with Crippen LogP contribution in [0.25, 0.3) is 0 Å². The minimum Gasteiger partial charge on any atom is -0.307 e. The molecule has 1 aromatic carbocycles. The highest BCUT2D eigenvalue weighted by Gasteiger charge is 2.28. The second-order valence-corrected chi connectivity index (χ2v) is 6.70. The summed E-state index contributed by atoms with van der Waals surface area (Å²) in [5, 5.41) is 3.83. The van der Waals surface area contributed by atoms with Crippen LogP contribution in [0.5, 0.6) is 0 Å². The summed E-state index contributed by atoms with van der Waals surface area (Å²) in [5.41, 5.74) is 3.36. The fourth-order valence-corrected chi connectivity index (χ4v) is 3.36. The minimum atomic E-state index is 0.463. The van der Waals surface area contributed by atoms with Gasteiger partial charge in [0.25, 0.3) is 0 Å². The predicted molar refractivity (Wildman–Crippen MR) is 78.8 cm³/mol. The molecular weight excluding hydrogens is 218 g/mol. The van der Waals surface area contributed by atoms with Crippen molar-refractivity contribution < 1.29 is 0 Å². The van der Waals surface area contributed by atoms with Crippen molar-refractivity contribution in [3.05, 3.63) is 35.4 Å². The molecule has 18 heavy (non-hydrogen) atoms. The molecule has 2 atom stereocenters. The first-order chi connectivity index (χ1) is 8.48. The van der Waals surface area contributed by atoms with Gasteiger partial charge in [-0.1, -0.05) is 44.5 Å². The molecule has 0 radical (unpaired) electrons. The zero-order valence-electron chi connectivity index (χ0n) is 12.3. The maximum absolute atomic E-state index is 3.83. The second-order valence-electron chi connectivity index (χ2n) is 6.70. The van der Waals surface area contributed by atoms with Gasteiger partial charge >= 0.3 is 0 Å². The third kappa shape index (κ3) is 3.35. The molecule has 0 heterocycles. The number of hydrogen-bond donors (Lipinski definition) is 1. The number of aryl methyl sites for hydroxylation is 1. The van der Waals surface area contributed by atoms with Crippen molar-refractivity contribution in [2.24, 2.45) is 5.41 Å². The molecule has 1 saturated carbocycles. The Morgan fingerprint density at radius 1 is 1.28 bits per heavy atom. The summed E-state index contributed by atoms with van der Waals surface area (Å²) >= 11 is 0. The summed E-state index contributed by atoms with van der Waals surface area (Å²) in [6, 6.07) is 9.87. The Morgan fingerprint density at radius 3 is 2.67 bits per heavy atom. The molecule has 1 heteroatoms. The van der Waals surface area contributed by atoms with Gasteiger partial charge in [0.1, 0.15) is 0 Å². The van der Waals surface area contributed by atoms with E-state index in [1.807, 2.05) is 0 Å². The van der Waals surface area contributed by atoms with Crippen LogP contribution < -0.4 is 5.32 Å². The van der Waals surface area contributed by atoms with E-state index < -0.39 is 0 Å². The van der Waals surface area contributed by atoms with Crippen LogP contribution in [0.4, 0.5) is 0 Å². The third-order valence-electron chi connectivity index (χ3n) is 4.35. The highest BCUT2D eigenvalue weighted by Crippen LogP contribution is 2.36. The monoisotopic (exact) mass is 245 g/mol. The Kier molecular flexibility index (Phi) is 4.11. The standard InChI is InChI=1S/C17H27N/c1-13-8-5-6-10-16(13)14(2)18-15-9-7-11-17(3,4)12-15/h5-6,8,10,14-15,18H,7,9,11-12H2,1-4H3. The van der Waals surface area contributed by atoms with Crippen LogP contribution in [-0.4, -0.2) is 6.04 Å². The van der Waals surface area contributed by atoms with Crippen molar-refractivity contribution in [3.8, 4) is 0 Å². The number of rotatable bonds is 3. The SMILES string of the molecule is Cc1ccccc1C(C)NC1CCCC(C)(C)C1. The fraction of sp³-hybridized carbons (Fsp3) is 0.647. The topological polar surface area (TPSA) is 12.0 Å². The molecule has 1 aromatic rings. The van der Waals surface area contributed by atoms with E-state index in [2.05, 4.69) is 57.3 Å². The van der Waals surface area contributed by atoms with E-state index in [1.165, 1.54) is 36.8 Å². The molecule has 0 aromatic heterocycles. The van der Waals surface area contributed by atoms with Crippen LogP contribution in [-0.2, 0) is 0 Å². The van der Waals surface area contributed by atoms with Gasteiger partial charge in [-0.25, -0.2) is 0 Å². The Labute approximate surface area is 112 Å². The Balaban J connectivity index is 1.99. The maximum atomic E-state index is 3.83. The summed E-state index contributed by atoms with van der Waals surface area (Å²) in [5.74, 6) is 0. The number of nitrogens with one attached hydrogen (secondary N) is 1. The van der Waals surface area contributed by atoms with Gasteiger partial charge in [0, 0.05) is 12.1 Å². The Bertz CT molecular complexity index is 394. The molecule has 1 aliphatic rings. The Morgan fingerprint density at radius 2 is 2.00 bits per heavy atom. The average Bonchev–Trinajstić information content (AvgIpc) is 2.28. The molecule has 1 aliphatic carbocycles. The van der Waals surface area contributed by atoms with Gasteiger partial charge in [-0.2, -0.15) is 0 Å². The lowest BCUT2D eigenvalue weighted by molar-refractivity contribution is 0.191. The molecule has 2 unspecified atom stereocenters. The summed E-state index contributed by atoms with van der Waals surface area (Å²) < 4.78 is 0. The van der Waals surface area contributed by atoms with Gasteiger partial charge in [-0.15, -0.1) is 0 Å². The maximum Gasteiger partial charge on any atom is 0.0296 e. The van der Waals surface area contributed by atoms with Gasteiger partial charge in [0.15, 0.2) is 0 Å². The summed E-state index contributed by atoms with van der Waals surface area (Å²) in [7, 11) is 0. The van der Waals surface area contributed by atoms with Gasteiger partial charge in [-0.3, -0.25) is 0 Å². The molecule has 100 valence electrons. The molecule has 0 amide bonds. The molecule has 1 fully saturated rings. The summed E-state index contributed by atoms with van der Waals surface area (Å²) in [6.07, 6.45) is 5.39. The minimum absolute atomic E-state index is 0.463. The number of hydrogen-bond acceptors (Lipinski definition) is 1. The van der Waals surface area contributed by atoms with Crippen molar-refractivity contribution in [1.82, 2.24) is 5.32 Å². The first kappa shape index (κ1) is 13.6. The fourth-order valence-electron chi connectivity index (χ4n) is 3.36. The van der Waals surface area contributed by atoms with Crippen LogP contribution in [0.1, 0.15) is 63.6 Å². The van der Waals surface area contributed by atoms with Crippen LogP contribution >= 0.6 is 0 Å². The molecule has 2 rings (SSSR count). The molecule has 0 bridgehead atoms. The lowest BCUT2D eigenvalue weighted by atomic mass is 9.75. The van der Waals surface area contributed by atoms with Crippen LogP contribution in [0.3, 0.4) is 0 Å². The summed E-state index contributed by atoms with van der Waals surface area (Å²) in [6.45, 7) is 9.31. The predicted octanol–water partition coefficient (Wildman–Crippen LogP) is 4.61. The van der Waals surface area contributed by atoms with E-state index in [4.69, 9.17) is 0 Å². The van der Waals surface area contributed by atoms with Crippen LogP contribution in [0, 0.1) is 12.3 Å². The quantitative estimate of drug-likeness (QED) is 0.819. The van der Waals surface area contributed by atoms with Crippen LogP contribution in [0.2, 0.25) is 0 Å².